The zero-order chi connectivity index (χ0) is 19.7. The molecule has 2 heterocycles. The van der Waals surface area contributed by atoms with Crippen LogP contribution in [-0.2, 0) is 9.59 Å². The number of rotatable bonds is 4. The lowest BCUT2D eigenvalue weighted by Crippen LogP contribution is -2.37. The van der Waals surface area contributed by atoms with Crippen LogP contribution in [-0.4, -0.2) is 32.8 Å². The number of carbonyl (C=O) groups is 2. The molecule has 1 atom stereocenters. The van der Waals surface area contributed by atoms with Gasteiger partial charge in [-0.05, 0) is 29.4 Å². The number of thioether (sulfide) groups is 1. The fourth-order valence-electron chi connectivity index (χ4n) is 3.13. The molecule has 4 rings (SSSR count). The molecule has 0 unspecified atom stereocenters. The molecule has 0 aromatic heterocycles. The Morgan fingerprint density at radius 2 is 1.89 bits per heavy atom. The van der Waals surface area contributed by atoms with E-state index in [9.17, 15) is 14.7 Å². The zero-order valence-corrected chi connectivity index (χ0v) is 16.2. The van der Waals surface area contributed by atoms with Gasteiger partial charge in [0.05, 0.1) is 4.91 Å². The average Bonchev–Trinajstić information content (AvgIpc) is 2.96. The van der Waals surface area contributed by atoms with E-state index in [0.717, 1.165) is 28.6 Å². The summed E-state index contributed by atoms with van der Waals surface area (Å²) in [4.78, 5) is 26.4. The first kappa shape index (κ1) is 18.5. The molecule has 7 heteroatoms. The van der Waals surface area contributed by atoms with Crippen LogP contribution in [0, 0.1) is 0 Å². The number of hydrogen-bond acceptors (Lipinski definition) is 5. The van der Waals surface area contributed by atoms with Crippen LogP contribution in [0.2, 0.25) is 0 Å². The molecule has 2 aliphatic heterocycles. The number of nitrogens with zero attached hydrogens (tertiary/aromatic N) is 1. The van der Waals surface area contributed by atoms with E-state index >= 15 is 0 Å². The Bertz CT molecular complexity index is 1030. The van der Waals surface area contributed by atoms with Crippen LogP contribution in [0.1, 0.15) is 17.2 Å². The fourth-order valence-corrected chi connectivity index (χ4v) is 4.45. The van der Waals surface area contributed by atoms with Crippen LogP contribution in [0.5, 0.6) is 5.75 Å². The first-order chi connectivity index (χ1) is 13.5. The maximum Gasteiger partial charge on any atom is 0.331 e. The number of thiocarbonyl (C=S) groups is 1. The summed E-state index contributed by atoms with van der Waals surface area (Å²) in [6.45, 7) is 0.335. The third-order valence-corrected chi connectivity index (χ3v) is 5.73. The standard InChI is InChI=1S/C21H15NO4S2/c23-19-17(11-13-10-15-8-4-5-9-16(15)26-12-13)28-21(27)22(19)18(20(24)25)14-6-2-1-3-7-14/h1-11,18H,12H2,(H,24,25)/b17-11+/t18-/m1/s1. The molecule has 0 bridgehead atoms. The van der Waals surface area contributed by atoms with Crippen LogP contribution >= 0.6 is 24.0 Å². The second-order valence-electron chi connectivity index (χ2n) is 6.25. The van der Waals surface area contributed by atoms with Gasteiger partial charge in [0.15, 0.2) is 6.04 Å². The SMILES string of the molecule is O=C(O)[C@@H](c1ccccc1)N1C(=O)/C(=C\C2=Cc3ccccc3OC2)SC1=S. The summed E-state index contributed by atoms with van der Waals surface area (Å²) in [5, 5.41) is 9.73. The molecular weight excluding hydrogens is 394 g/mol. The number of amides is 1. The Kier molecular flexibility index (Phi) is 5.02. The largest absolute Gasteiger partial charge is 0.488 e. The number of aliphatic carboxylic acids is 1. The van der Waals surface area contributed by atoms with Crippen molar-refractivity contribution in [2.45, 2.75) is 6.04 Å². The lowest BCUT2D eigenvalue weighted by Gasteiger charge is -2.23. The quantitative estimate of drug-likeness (QED) is 0.607. The molecule has 140 valence electrons. The predicted molar refractivity (Wildman–Crippen MR) is 112 cm³/mol. The number of carboxylic acids is 1. The highest BCUT2D eigenvalue weighted by Gasteiger charge is 2.41. The fraction of sp³-hybridized carbons (Fsp3) is 0.0952. The number of carbonyl (C=O) groups excluding carboxylic acids is 1. The predicted octanol–water partition coefficient (Wildman–Crippen LogP) is 4.03. The number of carboxylic acid groups (broad SMARTS) is 1. The smallest absolute Gasteiger partial charge is 0.331 e. The van der Waals surface area contributed by atoms with E-state index in [2.05, 4.69) is 0 Å². The van der Waals surface area contributed by atoms with E-state index < -0.39 is 17.9 Å². The van der Waals surface area contributed by atoms with Crippen LogP contribution in [0.3, 0.4) is 0 Å². The van der Waals surface area contributed by atoms with Gasteiger partial charge in [0, 0.05) is 5.56 Å². The van der Waals surface area contributed by atoms with Crippen molar-refractivity contribution in [3.05, 3.63) is 82.3 Å². The highest BCUT2D eigenvalue weighted by molar-refractivity contribution is 8.26. The number of ether oxygens (including phenoxy) is 1. The van der Waals surface area contributed by atoms with Crippen molar-refractivity contribution in [1.29, 1.82) is 0 Å². The summed E-state index contributed by atoms with van der Waals surface area (Å²) in [6.07, 6.45) is 3.68. The number of fused-ring (bicyclic) bond motifs is 1. The van der Waals surface area contributed by atoms with E-state index in [-0.39, 0.29) is 4.32 Å². The average molecular weight is 409 g/mol. The van der Waals surface area contributed by atoms with E-state index in [1.807, 2.05) is 30.3 Å². The summed E-state index contributed by atoms with van der Waals surface area (Å²) < 4.78 is 5.94. The van der Waals surface area contributed by atoms with Crippen LogP contribution in [0.4, 0.5) is 0 Å². The molecular formula is C21H15NO4S2. The Morgan fingerprint density at radius 1 is 1.18 bits per heavy atom. The Hall–Kier alpha value is -2.90. The van der Waals surface area contributed by atoms with Crippen molar-refractivity contribution < 1.29 is 19.4 Å². The Morgan fingerprint density at radius 3 is 2.64 bits per heavy atom. The van der Waals surface area contributed by atoms with Gasteiger partial charge in [-0.1, -0.05) is 72.5 Å². The van der Waals surface area contributed by atoms with Crippen molar-refractivity contribution in [2.24, 2.45) is 0 Å². The molecule has 1 N–H and O–H groups in total. The molecule has 5 nitrogen and oxygen atoms in total. The normalized spacial score (nSPS) is 18.5. The summed E-state index contributed by atoms with van der Waals surface area (Å²) in [6, 6.07) is 15.1. The Labute approximate surface area is 171 Å². The van der Waals surface area contributed by atoms with Crippen molar-refractivity contribution in [3.8, 4) is 5.75 Å². The molecule has 0 saturated carbocycles. The van der Waals surface area contributed by atoms with Gasteiger partial charge in [-0.3, -0.25) is 9.69 Å². The molecule has 2 aromatic rings. The lowest BCUT2D eigenvalue weighted by atomic mass is 10.1. The molecule has 2 aromatic carbocycles. The minimum atomic E-state index is -1.16. The van der Waals surface area contributed by atoms with E-state index in [0.29, 0.717) is 17.1 Å². The van der Waals surface area contributed by atoms with Crippen LogP contribution < -0.4 is 4.74 Å². The molecule has 28 heavy (non-hydrogen) atoms. The minimum Gasteiger partial charge on any atom is -0.488 e. The molecule has 0 aliphatic carbocycles. The van der Waals surface area contributed by atoms with Gasteiger partial charge < -0.3 is 9.84 Å². The zero-order valence-electron chi connectivity index (χ0n) is 14.6. The van der Waals surface area contributed by atoms with Gasteiger partial charge in [0.25, 0.3) is 5.91 Å². The van der Waals surface area contributed by atoms with Crippen molar-refractivity contribution in [2.75, 3.05) is 6.61 Å². The van der Waals surface area contributed by atoms with Gasteiger partial charge in [-0.2, -0.15) is 0 Å². The lowest BCUT2D eigenvalue weighted by molar-refractivity contribution is -0.145. The summed E-state index contributed by atoms with van der Waals surface area (Å²) in [7, 11) is 0. The van der Waals surface area contributed by atoms with E-state index in [4.69, 9.17) is 17.0 Å². The third-order valence-electron chi connectivity index (χ3n) is 4.40. The second kappa shape index (κ2) is 7.61. The number of hydrogen-bond donors (Lipinski definition) is 1. The van der Waals surface area contributed by atoms with Gasteiger partial charge >= 0.3 is 5.97 Å². The first-order valence-electron chi connectivity index (χ1n) is 8.52. The molecule has 2 aliphatic rings. The van der Waals surface area contributed by atoms with Gasteiger partial charge in [-0.25, -0.2) is 4.79 Å². The van der Waals surface area contributed by atoms with E-state index in [1.165, 1.54) is 4.90 Å². The summed E-state index contributed by atoms with van der Waals surface area (Å²) >= 11 is 6.44. The van der Waals surface area contributed by atoms with Gasteiger partial charge in [0.1, 0.15) is 16.7 Å². The van der Waals surface area contributed by atoms with Gasteiger partial charge in [0.2, 0.25) is 0 Å². The molecule has 1 saturated heterocycles. The summed E-state index contributed by atoms with van der Waals surface area (Å²) in [5.74, 6) is -0.744. The van der Waals surface area contributed by atoms with Crippen molar-refractivity contribution >= 4 is 46.3 Å². The highest BCUT2D eigenvalue weighted by Crippen LogP contribution is 2.38. The maximum atomic E-state index is 13.0. The molecule has 1 amide bonds. The second-order valence-corrected chi connectivity index (χ2v) is 7.92. The highest BCUT2D eigenvalue weighted by atomic mass is 32.2. The van der Waals surface area contributed by atoms with Crippen molar-refractivity contribution in [1.82, 2.24) is 4.90 Å². The minimum absolute atomic E-state index is 0.227. The molecule has 1 fully saturated rings. The number of para-hydroxylation sites is 1. The van der Waals surface area contributed by atoms with Crippen LogP contribution in [0.15, 0.2) is 71.2 Å². The van der Waals surface area contributed by atoms with E-state index in [1.54, 1.807) is 36.4 Å². The van der Waals surface area contributed by atoms with Crippen molar-refractivity contribution in [3.63, 3.8) is 0 Å². The third kappa shape index (κ3) is 3.46. The Balaban J connectivity index is 1.65. The maximum absolute atomic E-state index is 13.0. The van der Waals surface area contributed by atoms with Crippen LogP contribution in [0.25, 0.3) is 6.08 Å². The molecule has 0 radical (unpaired) electrons. The topological polar surface area (TPSA) is 66.8 Å². The van der Waals surface area contributed by atoms with Gasteiger partial charge in [-0.15, -0.1) is 0 Å². The first-order valence-corrected chi connectivity index (χ1v) is 9.74. The summed E-state index contributed by atoms with van der Waals surface area (Å²) in [5.41, 5.74) is 2.26. The number of benzene rings is 2. The molecule has 0 spiro atoms. The monoisotopic (exact) mass is 409 g/mol.